The van der Waals surface area contributed by atoms with Crippen molar-refractivity contribution < 1.29 is 19.4 Å². The van der Waals surface area contributed by atoms with Crippen LogP contribution in [0.5, 0.6) is 0 Å². The van der Waals surface area contributed by atoms with E-state index in [-0.39, 0.29) is 11.5 Å². The standard InChI is InChI=1S/C25H31N5O6/c1-2-3-4-5-6-7-24(31)28-14-12-27(13-15-28)21-10-8-20(9-11-21)26-25(32)19-16-22(29(33)34)18-23(17-19)30(35)36/h8-11,16-18H,2-7,12-15H2,1H3,(H,26,32). The van der Waals surface area contributed by atoms with E-state index in [9.17, 15) is 29.8 Å². The predicted octanol–water partition coefficient (Wildman–Crippen LogP) is 4.76. The number of nitro benzene ring substituents is 2. The number of amides is 2. The highest BCUT2D eigenvalue weighted by atomic mass is 16.6. The maximum absolute atomic E-state index is 12.6. The second-order valence-corrected chi connectivity index (χ2v) is 8.79. The number of carbonyl (C=O) groups excluding carboxylic acids is 2. The van der Waals surface area contributed by atoms with Gasteiger partial charge in [0, 0.05) is 56.1 Å². The molecule has 1 aliphatic rings. The largest absolute Gasteiger partial charge is 0.368 e. The average Bonchev–Trinajstić information content (AvgIpc) is 2.88. The number of benzene rings is 2. The van der Waals surface area contributed by atoms with Gasteiger partial charge in [-0.1, -0.05) is 32.6 Å². The Labute approximate surface area is 209 Å². The molecule has 0 saturated carbocycles. The lowest BCUT2D eigenvalue weighted by Gasteiger charge is -2.36. The minimum atomic E-state index is -0.778. The van der Waals surface area contributed by atoms with E-state index in [0.29, 0.717) is 38.3 Å². The number of nitro groups is 2. The number of anilines is 2. The summed E-state index contributed by atoms with van der Waals surface area (Å²) < 4.78 is 0. The summed E-state index contributed by atoms with van der Waals surface area (Å²) in [4.78, 5) is 49.7. The van der Waals surface area contributed by atoms with Crippen molar-refractivity contribution in [1.82, 2.24) is 4.90 Å². The van der Waals surface area contributed by atoms with Crippen LogP contribution in [0.15, 0.2) is 42.5 Å². The van der Waals surface area contributed by atoms with Crippen molar-refractivity contribution in [2.45, 2.75) is 45.4 Å². The van der Waals surface area contributed by atoms with Crippen LogP contribution in [0.4, 0.5) is 22.7 Å². The molecular formula is C25H31N5O6. The maximum atomic E-state index is 12.6. The lowest BCUT2D eigenvalue weighted by atomic mass is 10.1. The first kappa shape index (κ1) is 26.6. The fourth-order valence-corrected chi connectivity index (χ4v) is 4.15. The zero-order valence-corrected chi connectivity index (χ0v) is 20.4. The van der Waals surface area contributed by atoms with Crippen molar-refractivity contribution in [2.75, 3.05) is 36.4 Å². The van der Waals surface area contributed by atoms with Crippen molar-refractivity contribution >= 4 is 34.6 Å². The smallest absolute Gasteiger partial charge is 0.277 e. The van der Waals surface area contributed by atoms with E-state index < -0.39 is 27.1 Å². The van der Waals surface area contributed by atoms with Gasteiger partial charge in [-0.15, -0.1) is 0 Å². The van der Waals surface area contributed by atoms with Gasteiger partial charge in [0.2, 0.25) is 5.91 Å². The second kappa shape index (κ2) is 12.6. The quantitative estimate of drug-likeness (QED) is 0.268. The van der Waals surface area contributed by atoms with Gasteiger partial charge in [-0.2, -0.15) is 0 Å². The van der Waals surface area contributed by atoms with Gasteiger partial charge in [-0.25, -0.2) is 0 Å². The van der Waals surface area contributed by atoms with E-state index in [1.807, 2.05) is 17.0 Å². The van der Waals surface area contributed by atoms with Crippen LogP contribution in [0, 0.1) is 20.2 Å². The maximum Gasteiger partial charge on any atom is 0.277 e. The van der Waals surface area contributed by atoms with E-state index in [1.54, 1.807) is 12.1 Å². The first-order chi connectivity index (χ1) is 17.3. The van der Waals surface area contributed by atoms with Crippen LogP contribution in [0.25, 0.3) is 0 Å². The molecule has 2 aromatic rings. The average molecular weight is 498 g/mol. The molecule has 0 aliphatic carbocycles. The highest BCUT2D eigenvalue weighted by Crippen LogP contribution is 2.24. The molecule has 0 radical (unpaired) electrons. The Balaban J connectivity index is 1.53. The third-order valence-corrected chi connectivity index (χ3v) is 6.20. The van der Waals surface area contributed by atoms with Crippen LogP contribution in [0.2, 0.25) is 0 Å². The Hall–Kier alpha value is -4.02. The lowest BCUT2D eigenvalue weighted by Crippen LogP contribution is -2.48. The third kappa shape index (κ3) is 7.24. The summed E-state index contributed by atoms with van der Waals surface area (Å²) >= 11 is 0. The molecule has 0 spiro atoms. The predicted molar refractivity (Wildman–Crippen MR) is 136 cm³/mol. The van der Waals surface area contributed by atoms with Gasteiger partial charge in [0.25, 0.3) is 17.3 Å². The third-order valence-electron chi connectivity index (χ3n) is 6.20. The van der Waals surface area contributed by atoms with Crippen LogP contribution < -0.4 is 10.2 Å². The van der Waals surface area contributed by atoms with Crippen LogP contribution in [0.1, 0.15) is 55.8 Å². The number of hydrogen-bond acceptors (Lipinski definition) is 7. The van der Waals surface area contributed by atoms with E-state index in [1.165, 1.54) is 19.3 Å². The number of piperazine rings is 1. The Morgan fingerprint density at radius 1 is 0.861 bits per heavy atom. The van der Waals surface area contributed by atoms with Gasteiger partial charge in [0.05, 0.1) is 21.5 Å². The molecule has 3 rings (SSSR count). The molecule has 1 N–H and O–H groups in total. The SMILES string of the molecule is CCCCCCCC(=O)N1CCN(c2ccc(NC(=O)c3cc([N+](=O)[O-])cc([N+](=O)[O-])c3)cc2)CC1. The molecule has 0 unspecified atom stereocenters. The summed E-state index contributed by atoms with van der Waals surface area (Å²) in [5, 5.41) is 24.7. The molecular weight excluding hydrogens is 466 g/mol. The second-order valence-electron chi connectivity index (χ2n) is 8.79. The summed E-state index contributed by atoms with van der Waals surface area (Å²) in [5.41, 5.74) is 0.171. The van der Waals surface area contributed by atoms with E-state index in [4.69, 9.17) is 0 Å². The Kier molecular flexibility index (Phi) is 9.32. The molecule has 11 heteroatoms. The first-order valence-electron chi connectivity index (χ1n) is 12.2. The number of rotatable bonds is 11. The van der Waals surface area contributed by atoms with Crippen molar-refractivity contribution in [1.29, 1.82) is 0 Å². The summed E-state index contributed by atoms with van der Waals surface area (Å²) in [6.45, 7) is 4.93. The summed E-state index contributed by atoms with van der Waals surface area (Å²) in [6.07, 6.45) is 6.22. The molecule has 1 fully saturated rings. The normalized spacial score (nSPS) is 13.4. The molecule has 192 valence electrons. The molecule has 2 amide bonds. The van der Waals surface area contributed by atoms with Crippen LogP contribution in [-0.2, 0) is 4.79 Å². The van der Waals surface area contributed by atoms with Crippen LogP contribution in [-0.4, -0.2) is 52.7 Å². The minimum Gasteiger partial charge on any atom is -0.368 e. The van der Waals surface area contributed by atoms with Crippen molar-refractivity contribution in [3.8, 4) is 0 Å². The van der Waals surface area contributed by atoms with Crippen molar-refractivity contribution in [2.24, 2.45) is 0 Å². The lowest BCUT2D eigenvalue weighted by molar-refractivity contribution is -0.394. The number of carbonyl (C=O) groups is 2. The van der Waals surface area contributed by atoms with Crippen molar-refractivity contribution in [3.05, 3.63) is 68.3 Å². The van der Waals surface area contributed by atoms with Gasteiger partial charge >= 0.3 is 0 Å². The first-order valence-corrected chi connectivity index (χ1v) is 12.2. The topological polar surface area (TPSA) is 139 Å². The molecule has 1 heterocycles. The Bertz CT molecular complexity index is 1060. The van der Waals surface area contributed by atoms with E-state index in [0.717, 1.165) is 36.7 Å². The zero-order valence-electron chi connectivity index (χ0n) is 20.4. The minimum absolute atomic E-state index is 0.175. The zero-order chi connectivity index (χ0) is 26.1. The Morgan fingerprint density at radius 2 is 1.44 bits per heavy atom. The Morgan fingerprint density at radius 3 is 2.00 bits per heavy atom. The fraction of sp³-hybridized carbons (Fsp3) is 0.440. The van der Waals surface area contributed by atoms with Gasteiger partial charge in [0.15, 0.2) is 0 Å². The molecule has 1 saturated heterocycles. The molecule has 11 nitrogen and oxygen atoms in total. The number of non-ortho nitro benzene ring substituents is 2. The molecule has 2 aromatic carbocycles. The molecule has 36 heavy (non-hydrogen) atoms. The molecule has 0 atom stereocenters. The van der Waals surface area contributed by atoms with Gasteiger partial charge < -0.3 is 15.1 Å². The van der Waals surface area contributed by atoms with Gasteiger partial charge in [-0.3, -0.25) is 29.8 Å². The highest BCUT2D eigenvalue weighted by molar-refractivity contribution is 6.05. The van der Waals surface area contributed by atoms with Crippen molar-refractivity contribution in [3.63, 3.8) is 0 Å². The molecule has 0 bridgehead atoms. The van der Waals surface area contributed by atoms with E-state index in [2.05, 4.69) is 17.1 Å². The number of hydrogen-bond donors (Lipinski definition) is 1. The summed E-state index contributed by atoms with van der Waals surface area (Å²) in [6, 6.07) is 9.91. The van der Waals surface area contributed by atoms with Crippen LogP contribution in [0.3, 0.4) is 0 Å². The van der Waals surface area contributed by atoms with E-state index >= 15 is 0 Å². The number of nitrogens with one attached hydrogen (secondary N) is 1. The monoisotopic (exact) mass is 497 g/mol. The fourth-order valence-electron chi connectivity index (χ4n) is 4.15. The summed E-state index contributed by atoms with van der Waals surface area (Å²) in [5.74, 6) is -0.470. The van der Waals surface area contributed by atoms with Gasteiger partial charge in [0.1, 0.15) is 0 Å². The summed E-state index contributed by atoms with van der Waals surface area (Å²) in [7, 11) is 0. The number of unbranched alkanes of at least 4 members (excludes halogenated alkanes) is 4. The highest BCUT2D eigenvalue weighted by Gasteiger charge is 2.22. The molecule has 1 aliphatic heterocycles. The molecule has 0 aromatic heterocycles. The number of nitrogens with zero attached hydrogens (tertiary/aromatic N) is 4. The van der Waals surface area contributed by atoms with Gasteiger partial charge in [-0.05, 0) is 30.7 Å². The van der Waals surface area contributed by atoms with Crippen LogP contribution >= 0.6 is 0 Å².